The van der Waals surface area contributed by atoms with Gasteiger partial charge >= 0.3 is 0 Å². The molecule has 0 aliphatic carbocycles. The van der Waals surface area contributed by atoms with Crippen molar-refractivity contribution >= 4 is 25.8 Å². The topological polar surface area (TPSA) is 0 Å². The van der Waals surface area contributed by atoms with Crippen LogP contribution in [0.2, 0.25) is 0 Å². The molecule has 0 amide bonds. The molecule has 0 fully saturated rings. The van der Waals surface area contributed by atoms with Crippen LogP contribution >= 0.6 is 0 Å². The maximum Gasteiger partial charge on any atom is 0.187 e. The molecular weight excluding hydrogens is 238 g/mol. The molecular formula is CH7AlBCeTi. The fourth-order valence-corrected chi connectivity index (χ4v) is 0. The Balaban J connectivity index is 0. The minimum Gasteiger partial charge on any atom is -0.0776 e. The first-order valence-electron chi connectivity index (χ1n) is 0. The van der Waals surface area contributed by atoms with E-state index in [0.29, 0.717) is 0 Å². The maximum absolute atomic E-state index is 0. The van der Waals surface area contributed by atoms with Crippen LogP contribution in [0.1, 0.15) is 7.43 Å². The summed E-state index contributed by atoms with van der Waals surface area (Å²) in [5.74, 6) is 0. The molecule has 25 valence electrons. The molecule has 3 radical (unpaired) electrons. The third-order valence-electron chi connectivity index (χ3n) is 0. The number of hydrogen-bond acceptors (Lipinski definition) is 0. The second kappa shape index (κ2) is 29.9. The predicted molar refractivity (Wildman–Crippen MR) is 22.4 cm³/mol. The molecule has 0 aromatic carbocycles. The molecule has 0 spiro atoms. The summed E-state index contributed by atoms with van der Waals surface area (Å²) in [6.07, 6.45) is 0. The van der Waals surface area contributed by atoms with Crippen LogP contribution in [-0.2, 0) is 21.7 Å². The molecule has 5 heavy (non-hydrogen) atoms. The minimum absolute atomic E-state index is 0. The predicted octanol–water partition coefficient (Wildman–Crippen LogP) is -0.931. The van der Waals surface area contributed by atoms with Crippen LogP contribution in [0.3, 0.4) is 0 Å². The van der Waals surface area contributed by atoms with Crippen LogP contribution < -0.4 is 0 Å². The van der Waals surface area contributed by atoms with E-state index in [0.717, 1.165) is 0 Å². The van der Waals surface area contributed by atoms with Gasteiger partial charge in [0.1, 0.15) is 0 Å². The Morgan fingerprint density at radius 1 is 1.00 bits per heavy atom. The van der Waals surface area contributed by atoms with E-state index in [1.807, 2.05) is 0 Å². The van der Waals surface area contributed by atoms with Gasteiger partial charge in [-0.2, -0.15) is 0 Å². The molecule has 0 rings (SSSR count). The van der Waals surface area contributed by atoms with E-state index >= 15 is 0 Å². The Hall–Kier alpha value is 2.69. The zero-order valence-corrected chi connectivity index (χ0v) is 6.28. The van der Waals surface area contributed by atoms with Crippen molar-refractivity contribution in [2.75, 3.05) is 0 Å². The zero-order chi connectivity index (χ0) is 0. The molecule has 0 saturated carbocycles. The molecule has 0 heterocycles. The molecule has 0 aromatic heterocycles. The third kappa shape index (κ3) is 20.3. The van der Waals surface area contributed by atoms with E-state index in [1.54, 1.807) is 0 Å². The first-order chi connectivity index (χ1) is 0. The van der Waals surface area contributed by atoms with E-state index in [2.05, 4.69) is 0 Å². The van der Waals surface area contributed by atoms with Crippen molar-refractivity contribution in [3.05, 3.63) is 0 Å². The van der Waals surface area contributed by atoms with E-state index in [9.17, 15) is 0 Å². The molecule has 0 atom stereocenters. The summed E-state index contributed by atoms with van der Waals surface area (Å²) in [4.78, 5) is 0. The van der Waals surface area contributed by atoms with Gasteiger partial charge in [-0.15, -0.1) is 0 Å². The average molecular weight is 245 g/mol. The quantitative estimate of drug-likeness (QED) is 0.483. The SMILES string of the molecule is C.[AlH3].[B].[Ce].[Ti]. The van der Waals surface area contributed by atoms with Crippen LogP contribution in [0.25, 0.3) is 0 Å². The first-order valence-corrected chi connectivity index (χ1v) is 0. The average Bonchev–Trinajstić information content (AvgIpc) is 0. The van der Waals surface area contributed by atoms with Crippen molar-refractivity contribution in [1.29, 1.82) is 0 Å². The maximum atomic E-state index is 0. The van der Waals surface area contributed by atoms with Gasteiger partial charge in [0.05, 0.1) is 0 Å². The van der Waals surface area contributed by atoms with Crippen LogP contribution in [0.5, 0.6) is 0 Å². The summed E-state index contributed by atoms with van der Waals surface area (Å²) in [6.45, 7) is 0. The third-order valence-corrected chi connectivity index (χ3v) is 0. The summed E-state index contributed by atoms with van der Waals surface area (Å²) in [7, 11) is 0. The molecule has 0 bridgehead atoms. The number of hydrogen-bond donors (Lipinski definition) is 0. The Morgan fingerprint density at radius 3 is 1.00 bits per heavy atom. The van der Waals surface area contributed by atoms with E-state index in [-0.39, 0.29) is 96.7 Å². The Bertz CT molecular complexity index is 11.6. The summed E-state index contributed by atoms with van der Waals surface area (Å²) in [5.41, 5.74) is 0. The molecule has 0 saturated heterocycles. The van der Waals surface area contributed by atoms with Crippen molar-refractivity contribution in [3.8, 4) is 0 Å². The van der Waals surface area contributed by atoms with Crippen molar-refractivity contribution in [2.45, 2.75) is 7.43 Å². The van der Waals surface area contributed by atoms with Gasteiger partial charge < -0.3 is 0 Å². The second-order valence-electron chi connectivity index (χ2n) is 0. The molecule has 0 nitrogen and oxygen atoms in total. The van der Waals surface area contributed by atoms with Gasteiger partial charge in [0.2, 0.25) is 0 Å². The normalized spacial score (nSPS) is 0. The van der Waals surface area contributed by atoms with Gasteiger partial charge in [0.15, 0.2) is 17.4 Å². The summed E-state index contributed by atoms with van der Waals surface area (Å²) < 4.78 is 0. The van der Waals surface area contributed by atoms with Crippen LogP contribution in [-0.4, -0.2) is 25.8 Å². The van der Waals surface area contributed by atoms with Gasteiger partial charge in [-0.1, -0.05) is 7.43 Å². The van der Waals surface area contributed by atoms with Gasteiger partial charge in [-0.25, -0.2) is 0 Å². The van der Waals surface area contributed by atoms with Crippen LogP contribution in [0, 0.1) is 41.7 Å². The Morgan fingerprint density at radius 2 is 1.00 bits per heavy atom. The molecule has 0 aromatic rings. The molecule has 0 N–H and O–H groups in total. The standard InChI is InChI=1S/CH4.Al.B.Ce.Ti.3H/h1H4;;;;;;;. The fraction of sp³-hybridized carbons (Fsp3) is 1.00. The van der Waals surface area contributed by atoms with Crippen molar-refractivity contribution in [3.63, 3.8) is 0 Å². The van der Waals surface area contributed by atoms with Gasteiger partial charge in [0, 0.05) is 71.9 Å². The summed E-state index contributed by atoms with van der Waals surface area (Å²) in [5, 5.41) is 0. The van der Waals surface area contributed by atoms with Gasteiger partial charge in [0.25, 0.3) is 0 Å². The van der Waals surface area contributed by atoms with E-state index in [1.165, 1.54) is 0 Å². The monoisotopic (exact) mass is 245 g/mol. The van der Waals surface area contributed by atoms with Gasteiger partial charge in [-0.05, 0) is 0 Å². The minimum atomic E-state index is 0. The smallest absolute Gasteiger partial charge is 0.0776 e. The first kappa shape index (κ1) is 47.6. The van der Waals surface area contributed by atoms with Crippen molar-refractivity contribution in [2.24, 2.45) is 0 Å². The largest absolute Gasteiger partial charge is 0.187 e. The molecule has 0 unspecified atom stereocenters. The summed E-state index contributed by atoms with van der Waals surface area (Å²) in [6, 6.07) is 0. The molecule has 4 heteroatoms. The van der Waals surface area contributed by atoms with Crippen molar-refractivity contribution in [1.82, 2.24) is 0 Å². The molecule has 0 aliphatic heterocycles. The number of rotatable bonds is 0. The van der Waals surface area contributed by atoms with E-state index in [4.69, 9.17) is 0 Å². The van der Waals surface area contributed by atoms with Gasteiger partial charge in [-0.3, -0.25) is 0 Å². The van der Waals surface area contributed by atoms with Crippen LogP contribution in [0.15, 0.2) is 0 Å². The fourth-order valence-electron chi connectivity index (χ4n) is 0. The zero-order valence-electron chi connectivity index (χ0n) is 1.58. The molecule has 0 aliphatic rings. The Kier molecular flexibility index (Phi) is 285. The second-order valence-corrected chi connectivity index (χ2v) is 0. The van der Waals surface area contributed by atoms with Crippen molar-refractivity contribution < 1.29 is 63.5 Å². The van der Waals surface area contributed by atoms with E-state index < -0.39 is 0 Å². The Labute approximate surface area is 94.8 Å². The summed E-state index contributed by atoms with van der Waals surface area (Å²) >= 11 is 0. The van der Waals surface area contributed by atoms with Crippen LogP contribution in [0.4, 0.5) is 0 Å².